The lowest BCUT2D eigenvalue weighted by atomic mass is 10.1. The molecule has 0 aliphatic rings. The summed E-state index contributed by atoms with van der Waals surface area (Å²) in [6, 6.07) is 17.5. The van der Waals surface area contributed by atoms with Gasteiger partial charge in [-0.25, -0.2) is 0 Å². The molecule has 0 amide bonds. The third-order valence-electron chi connectivity index (χ3n) is 2.85. The van der Waals surface area contributed by atoms with Gasteiger partial charge in [0, 0.05) is 18.5 Å². The van der Waals surface area contributed by atoms with Gasteiger partial charge < -0.3 is 10.4 Å². The first-order chi connectivity index (χ1) is 8.79. The normalized spacial score (nSPS) is 12.3. The van der Waals surface area contributed by atoms with E-state index in [0.717, 1.165) is 12.1 Å². The molecule has 0 saturated carbocycles. The number of hydrogen-bond acceptors (Lipinski definition) is 2. The maximum absolute atomic E-state index is 9.22. The Hall–Kier alpha value is -1.51. The fourth-order valence-corrected chi connectivity index (χ4v) is 2.09. The van der Waals surface area contributed by atoms with Crippen molar-refractivity contribution in [2.24, 2.45) is 0 Å². The molecular weight excluding hydrogens is 246 g/mol. The second-order valence-corrected chi connectivity index (χ2v) is 4.47. The molecule has 0 radical (unpaired) electrons. The molecule has 0 saturated heterocycles. The molecule has 2 N–H and O–H groups in total. The fraction of sp³-hybridized carbons (Fsp3) is 0.200. The van der Waals surface area contributed by atoms with Gasteiger partial charge in [0.2, 0.25) is 0 Å². The minimum absolute atomic E-state index is 0.140. The number of phenols is 1. The molecule has 2 nitrogen and oxygen atoms in total. The monoisotopic (exact) mass is 261 g/mol. The van der Waals surface area contributed by atoms with Crippen LogP contribution < -0.4 is 5.32 Å². The highest BCUT2D eigenvalue weighted by molar-refractivity contribution is 6.18. The minimum atomic E-state index is 0.140. The molecular formula is C15H16ClNO. The predicted octanol–water partition coefficient (Wildman–Crippen LogP) is 3.46. The summed E-state index contributed by atoms with van der Waals surface area (Å²) in [6.45, 7) is 0.729. The first kappa shape index (κ1) is 12.9. The molecule has 1 atom stereocenters. The minimum Gasteiger partial charge on any atom is -0.508 e. The van der Waals surface area contributed by atoms with Crippen molar-refractivity contribution in [1.82, 2.24) is 5.32 Å². The Bertz CT molecular complexity index is 470. The van der Waals surface area contributed by atoms with Gasteiger partial charge in [0.1, 0.15) is 5.75 Å². The lowest BCUT2D eigenvalue weighted by molar-refractivity contribution is 0.474. The number of alkyl halides is 1. The summed E-state index contributed by atoms with van der Waals surface area (Å²) in [5, 5.41) is 12.6. The van der Waals surface area contributed by atoms with Crippen LogP contribution in [0.3, 0.4) is 0 Å². The number of rotatable bonds is 5. The van der Waals surface area contributed by atoms with Gasteiger partial charge in [-0.3, -0.25) is 0 Å². The molecule has 0 aliphatic heterocycles. The van der Waals surface area contributed by atoms with E-state index >= 15 is 0 Å². The van der Waals surface area contributed by atoms with E-state index in [2.05, 4.69) is 17.4 Å². The number of halogens is 1. The molecule has 3 heteroatoms. The van der Waals surface area contributed by atoms with E-state index in [4.69, 9.17) is 11.6 Å². The van der Waals surface area contributed by atoms with Crippen molar-refractivity contribution in [2.45, 2.75) is 12.6 Å². The molecule has 0 bridgehead atoms. The summed E-state index contributed by atoms with van der Waals surface area (Å²) in [5.41, 5.74) is 2.31. The van der Waals surface area contributed by atoms with Gasteiger partial charge >= 0.3 is 0 Å². The largest absolute Gasteiger partial charge is 0.508 e. The SMILES string of the molecule is Oc1ccc(CNC(CCl)c2ccccc2)cc1. The molecule has 1 unspecified atom stereocenters. The standard InChI is InChI=1S/C15H16ClNO/c16-10-15(13-4-2-1-3-5-13)17-11-12-6-8-14(18)9-7-12/h1-9,15,17-18H,10-11H2. The van der Waals surface area contributed by atoms with Gasteiger partial charge in [0.25, 0.3) is 0 Å². The Morgan fingerprint density at radius 3 is 2.28 bits per heavy atom. The first-order valence-corrected chi connectivity index (χ1v) is 6.45. The van der Waals surface area contributed by atoms with Crippen LogP contribution in [0.15, 0.2) is 54.6 Å². The molecule has 2 aromatic rings. The summed E-state index contributed by atoms with van der Waals surface area (Å²) in [6.07, 6.45) is 0. The Balaban J connectivity index is 1.97. The third-order valence-corrected chi connectivity index (χ3v) is 3.15. The number of phenolic OH excluding ortho intramolecular Hbond substituents is 1. The lowest BCUT2D eigenvalue weighted by Crippen LogP contribution is -2.22. The molecule has 0 aliphatic carbocycles. The van der Waals surface area contributed by atoms with E-state index in [1.54, 1.807) is 12.1 Å². The third kappa shape index (κ3) is 3.49. The summed E-state index contributed by atoms with van der Waals surface area (Å²) < 4.78 is 0. The van der Waals surface area contributed by atoms with Crippen LogP contribution in [0.1, 0.15) is 17.2 Å². The van der Waals surface area contributed by atoms with Gasteiger partial charge in [-0.15, -0.1) is 11.6 Å². The lowest BCUT2D eigenvalue weighted by Gasteiger charge is -2.16. The molecule has 2 aromatic carbocycles. The molecule has 94 valence electrons. The second kappa shape index (κ2) is 6.43. The molecule has 18 heavy (non-hydrogen) atoms. The highest BCUT2D eigenvalue weighted by atomic mass is 35.5. The van der Waals surface area contributed by atoms with Crippen molar-refractivity contribution < 1.29 is 5.11 Å². The van der Waals surface area contributed by atoms with Crippen LogP contribution in [0, 0.1) is 0 Å². The smallest absolute Gasteiger partial charge is 0.115 e. The van der Waals surface area contributed by atoms with Crippen LogP contribution in [0.4, 0.5) is 0 Å². The van der Waals surface area contributed by atoms with Gasteiger partial charge in [-0.2, -0.15) is 0 Å². The van der Waals surface area contributed by atoms with E-state index in [-0.39, 0.29) is 11.8 Å². The van der Waals surface area contributed by atoms with Crippen LogP contribution in [-0.2, 0) is 6.54 Å². The highest BCUT2D eigenvalue weighted by Gasteiger charge is 2.08. The topological polar surface area (TPSA) is 32.3 Å². The molecule has 0 spiro atoms. The van der Waals surface area contributed by atoms with Crippen LogP contribution in [0.5, 0.6) is 5.75 Å². The van der Waals surface area contributed by atoms with E-state index in [1.807, 2.05) is 30.3 Å². The molecule has 0 aromatic heterocycles. The van der Waals surface area contributed by atoms with Gasteiger partial charge in [-0.05, 0) is 23.3 Å². The maximum atomic E-state index is 9.22. The van der Waals surface area contributed by atoms with E-state index in [1.165, 1.54) is 5.56 Å². The maximum Gasteiger partial charge on any atom is 0.115 e. The van der Waals surface area contributed by atoms with E-state index in [0.29, 0.717) is 5.88 Å². The average Bonchev–Trinajstić information content (AvgIpc) is 2.43. The Labute approximate surface area is 112 Å². The summed E-state index contributed by atoms with van der Waals surface area (Å²) >= 11 is 5.99. The molecule has 0 heterocycles. The van der Waals surface area contributed by atoms with Crippen LogP contribution >= 0.6 is 11.6 Å². The molecule has 2 rings (SSSR count). The first-order valence-electron chi connectivity index (χ1n) is 5.92. The number of nitrogens with one attached hydrogen (secondary N) is 1. The van der Waals surface area contributed by atoms with Crippen molar-refractivity contribution in [3.63, 3.8) is 0 Å². The van der Waals surface area contributed by atoms with E-state index < -0.39 is 0 Å². The average molecular weight is 262 g/mol. The van der Waals surface area contributed by atoms with Gasteiger partial charge in [-0.1, -0.05) is 42.5 Å². The van der Waals surface area contributed by atoms with Gasteiger partial charge in [0.15, 0.2) is 0 Å². The van der Waals surface area contributed by atoms with Crippen molar-refractivity contribution in [2.75, 3.05) is 5.88 Å². The second-order valence-electron chi connectivity index (χ2n) is 4.16. The fourth-order valence-electron chi connectivity index (χ4n) is 1.80. The summed E-state index contributed by atoms with van der Waals surface area (Å²) in [4.78, 5) is 0. The summed E-state index contributed by atoms with van der Waals surface area (Å²) in [7, 11) is 0. The Kier molecular flexibility index (Phi) is 4.62. The zero-order chi connectivity index (χ0) is 12.8. The van der Waals surface area contributed by atoms with Crippen molar-refractivity contribution in [3.05, 3.63) is 65.7 Å². The van der Waals surface area contributed by atoms with Crippen LogP contribution in [0.25, 0.3) is 0 Å². The van der Waals surface area contributed by atoms with Crippen LogP contribution in [-0.4, -0.2) is 11.0 Å². The quantitative estimate of drug-likeness (QED) is 0.808. The van der Waals surface area contributed by atoms with Gasteiger partial charge in [0.05, 0.1) is 0 Å². The number of benzene rings is 2. The highest BCUT2D eigenvalue weighted by Crippen LogP contribution is 2.16. The zero-order valence-corrected chi connectivity index (χ0v) is 10.8. The number of aromatic hydroxyl groups is 1. The molecule has 0 fully saturated rings. The van der Waals surface area contributed by atoms with Crippen molar-refractivity contribution >= 4 is 11.6 Å². The van der Waals surface area contributed by atoms with Crippen LogP contribution in [0.2, 0.25) is 0 Å². The van der Waals surface area contributed by atoms with Crippen molar-refractivity contribution in [1.29, 1.82) is 0 Å². The Morgan fingerprint density at radius 2 is 1.67 bits per heavy atom. The number of hydrogen-bond donors (Lipinski definition) is 2. The zero-order valence-electron chi connectivity index (χ0n) is 10.0. The predicted molar refractivity (Wildman–Crippen MR) is 74.8 cm³/mol. The van der Waals surface area contributed by atoms with E-state index in [9.17, 15) is 5.11 Å². The van der Waals surface area contributed by atoms with Crippen molar-refractivity contribution in [3.8, 4) is 5.75 Å². The Morgan fingerprint density at radius 1 is 1.00 bits per heavy atom. The summed E-state index contributed by atoms with van der Waals surface area (Å²) in [5.74, 6) is 0.818.